The monoisotopic (exact) mass is 458 g/mol. The molecule has 2 atom stereocenters. The third kappa shape index (κ3) is 5.20. The molecule has 0 spiro atoms. The predicted octanol–water partition coefficient (Wildman–Crippen LogP) is 4.17. The summed E-state index contributed by atoms with van der Waals surface area (Å²) in [5.41, 5.74) is 1.59. The highest BCUT2D eigenvalue weighted by Gasteiger charge is 2.24. The van der Waals surface area contributed by atoms with E-state index in [0.29, 0.717) is 17.3 Å². The zero-order chi connectivity index (χ0) is 22.5. The molecule has 1 unspecified atom stereocenters. The Balaban J connectivity index is 1.48. The van der Waals surface area contributed by atoms with Gasteiger partial charge < -0.3 is 24.6 Å². The number of methoxy groups -OCH3 is 2. The predicted molar refractivity (Wildman–Crippen MR) is 123 cm³/mol. The van der Waals surface area contributed by atoms with Gasteiger partial charge in [-0.15, -0.1) is 0 Å². The standard InChI is InChI=1S/C22H26N4O5S/c1-29-17-10-14(31-12-13-7-8-23-19(9-13)25-22(28)30-2)11-18-20(17)26-21(32-18)24-15-5-3-4-6-16(15)27/h7-11,15-16,27H,3-6,12H2,1-2H3,(H,24,26)(H,23,25,28)/t15?,16-/m0/s1. The first-order valence-electron chi connectivity index (χ1n) is 10.4. The number of nitrogens with zero attached hydrogens (tertiary/aromatic N) is 2. The van der Waals surface area contributed by atoms with Crippen LogP contribution < -0.4 is 20.1 Å². The minimum Gasteiger partial charge on any atom is -0.494 e. The smallest absolute Gasteiger partial charge is 0.412 e. The minimum absolute atomic E-state index is 0.0190. The number of rotatable bonds is 7. The Morgan fingerprint density at radius 3 is 2.88 bits per heavy atom. The Hall–Kier alpha value is -3.11. The van der Waals surface area contributed by atoms with Gasteiger partial charge in [-0.1, -0.05) is 24.2 Å². The van der Waals surface area contributed by atoms with E-state index in [1.54, 1.807) is 25.4 Å². The first-order valence-corrected chi connectivity index (χ1v) is 11.2. The largest absolute Gasteiger partial charge is 0.494 e. The van der Waals surface area contributed by atoms with Crippen molar-refractivity contribution < 1.29 is 24.1 Å². The number of ether oxygens (including phenoxy) is 3. The van der Waals surface area contributed by atoms with E-state index < -0.39 is 6.09 Å². The van der Waals surface area contributed by atoms with Crippen LogP contribution in [0.5, 0.6) is 11.5 Å². The van der Waals surface area contributed by atoms with Gasteiger partial charge in [0.2, 0.25) is 0 Å². The molecule has 1 amide bonds. The second-order valence-electron chi connectivity index (χ2n) is 7.55. The van der Waals surface area contributed by atoms with Gasteiger partial charge in [-0.2, -0.15) is 0 Å². The number of aliphatic hydroxyl groups excluding tert-OH is 1. The second-order valence-corrected chi connectivity index (χ2v) is 8.58. The maximum Gasteiger partial charge on any atom is 0.412 e. The van der Waals surface area contributed by atoms with Crippen molar-refractivity contribution in [3.05, 3.63) is 36.0 Å². The minimum atomic E-state index is -0.582. The number of thiazole rings is 1. The SMILES string of the molecule is COC(=O)Nc1cc(COc2cc(OC)c3nc(NC4CCCC[C@@H]4O)sc3c2)ccn1. The summed E-state index contributed by atoms with van der Waals surface area (Å²) in [6, 6.07) is 7.27. The van der Waals surface area contributed by atoms with Gasteiger partial charge in [-0.3, -0.25) is 5.32 Å². The lowest BCUT2D eigenvalue weighted by Gasteiger charge is -2.27. The van der Waals surface area contributed by atoms with Crippen molar-refractivity contribution in [2.24, 2.45) is 0 Å². The zero-order valence-corrected chi connectivity index (χ0v) is 18.8. The summed E-state index contributed by atoms with van der Waals surface area (Å²) >= 11 is 1.51. The van der Waals surface area contributed by atoms with E-state index in [4.69, 9.17) is 9.47 Å². The summed E-state index contributed by atoms with van der Waals surface area (Å²) in [5, 5.41) is 16.9. The highest BCUT2D eigenvalue weighted by atomic mass is 32.1. The van der Waals surface area contributed by atoms with Crippen LogP contribution in [0.1, 0.15) is 31.2 Å². The molecule has 1 saturated carbocycles. The Bertz CT molecular complexity index is 1090. The van der Waals surface area contributed by atoms with Crippen molar-refractivity contribution in [3.8, 4) is 11.5 Å². The van der Waals surface area contributed by atoms with Crippen LogP contribution in [-0.2, 0) is 11.3 Å². The van der Waals surface area contributed by atoms with Gasteiger partial charge in [0.25, 0.3) is 0 Å². The van der Waals surface area contributed by atoms with Crippen molar-refractivity contribution in [3.63, 3.8) is 0 Å². The number of amides is 1. The molecule has 4 rings (SSSR count). The summed E-state index contributed by atoms with van der Waals surface area (Å²) in [6.07, 6.45) is 4.57. The van der Waals surface area contributed by atoms with Crippen LogP contribution >= 0.6 is 11.3 Å². The molecular weight excluding hydrogens is 432 g/mol. The van der Waals surface area contributed by atoms with Crippen LogP contribution in [0.4, 0.5) is 15.7 Å². The van der Waals surface area contributed by atoms with Crippen molar-refractivity contribution >= 4 is 38.6 Å². The molecule has 1 fully saturated rings. The number of carbonyl (C=O) groups excluding carboxylic acids is 1. The molecule has 10 heteroatoms. The Morgan fingerprint density at radius 1 is 1.25 bits per heavy atom. The first-order chi connectivity index (χ1) is 15.6. The number of hydrogen-bond donors (Lipinski definition) is 3. The van der Waals surface area contributed by atoms with Crippen molar-refractivity contribution in [1.29, 1.82) is 0 Å². The van der Waals surface area contributed by atoms with Crippen LogP contribution in [0, 0.1) is 0 Å². The van der Waals surface area contributed by atoms with Gasteiger partial charge in [-0.05, 0) is 36.6 Å². The summed E-state index contributed by atoms with van der Waals surface area (Å²) in [5.74, 6) is 1.64. The molecule has 0 aliphatic heterocycles. The van der Waals surface area contributed by atoms with Crippen LogP contribution in [0.3, 0.4) is 0 Å². The van der Waals surface area contributed by atoms with E-state index >= 15 is 0 Å². The highest BCUT2D eigenvalue weighted by Crippen LogP contribution is 2.37. The molecule has 3 aromatic rings. The number of nitrogens with one attached hydrogen (secondary N) is 2. The Morgan fingerprint density at radius 2 is 2.09 bits per heavy atom. The average Bonchev–Trinajstić information content (AvgIpc) is 3.21. The fraction of sp³-hybridized carbons (Fsp3) is 0.409. The number of carbonyl (C=O) groups is 1. The quantitative estimate of drug-likeness (QED) is 0.483. The van der Waals surface area contributed by atoms with E-state index in [0.717, 1.165) is 46.6 Å². The molecule has 0 radical (unpaired) electrons. The van der Waals surface area contributed by atoms with Gasteiger partial charge in [-0.25, -0.2) is 14.8 Å². The highest BCUT2D eigenvalue weighted by molar-refractivity contribution is 7.22. The van der Waals surface area contributed by atoms with E-state index in [1.165, 1.54) is 18.4 Å². The fourth-order valence-electron chi connectivity index (χ4n) is 3.67. The molecule has 0 bridgehead atoms. The van der Waals surface area contributed by atoms with Gasteiger partial charge in [0.15, 0.2) is 5.13 Å². The molecule has 32 heavy (non-hydrogen) atoms. The fourth-order valence-corrected chi connectivity index (χ4v) is 4.64. The third-order valence-corrected chi connectivity index (χ3v) is 6.27. The molecule has 2 aromatic heterocycles. The van der Waals surface area contributed by atoms with Crippen LogP contribution in [0.2, 0.25) is 0 Å². The second kappa shape index (κ2) is 10.0. The van der Waals surface area contributed by atoms with Crippen molar-refractivity contribution in [1.82, 2.24) is 9.97 Å². The molecule has 1 aliphatic carbocycles. The van der Waals surface area contributed by atoms with Crippen LogP contribution in [0.25, 0.3) is 10.2 Å². The molecule has 9 nitrogen and oxygen atoms in total. The topological polar surface area (TPSA) is 115 Å². The number of hydrogen-bond acceptors (Lipinski definition) is 9. The van der Waals surface area contributed by atoms with Crippen molar-refractivity contribution in [2.45, 2.75) is 44.4 Å². The van der Waals surface area contributed by atoms with Crippen molar-refractivity contribution in [2.75, 3.05) is 24.9 Å². The summed E-state index contributed by atoms with van der Waals surface area (Å²) in [7, 11) is 2.90. The normalized spacial score (nSPS) is 18.2. The van der Waals surface area contributed by atoms with Gasteiger partial charge in [0, 0.05) is 12.3 Å². The molecule has 1 aromatic carbocycles. The molecule has 170 valence electrons. The lowest BCUT2D eigenvalue weighted by molar-refractivity contribution is 0.116. The maximum absolute atomic E-state index is 11.4. The third-order valence-electron chi connectivity index (χ3n) is 5.34. The number of anilines is 2. The zero-order valence-electron chi connectivity index (χ0n) is 18.0. The molecule has 0 saturated heterocycles. The lowest BCUT2D eigenvalue weighted by Crippen LogP contribution is -2.36. The number of benzene rings is 1. The first kappa shape index (κ1) is 22.1. The Kier molecular flexibility index (Phi) is 6.91. The molecule has 1 aliphatic rings. The maximum atomic E-state index is 11.4. The van der Waals surface area contributed by atoms with E-state index in [2.05, 4.69) is 25.3 Å². The Labute approximate surface area is 189 Å². The molecular formula is C22H26N4O5S. The summed E-state index contributed by atoms with van der Waals surface area (Å²) in [6.45, 7) is 0.283. The summed E-state index contributed by atoms with van der Waals surface area (Å²) in [4.78, 5) is 20.1. The number of aliphatic hydroxyl groups is 1. The van der Waals surface area contributed by atoms with Gasteiger partial charge in [0.05, 0.1) is 31.1 Å². The summed E-state index contributed by atoms with van der Waals surface area (Å²) < 4.78 is 17.0. The van der Waals surface area contributed by atoms with E-state index in [1.807, 2.05) is 12.1 Å². The van der Waals surface area contributed by atoms with Gasteiger partial charge in [0.1, 0.15) is 29.4 Å². The van der Waals surface area contributed by atoms with Gasteiger partial charge >= 0.3 is 6.09 Å². The molecule has 2 heterocycles. The number of pyridine rings is 1. The van der Waals surface area contributed by atoms with Crippen LogP contribution in [0.15, 0.2) is 30.5 Å². The van der Waals surface area contributed by atoms with Crippen LogP contribution in [-0.4, -0.2) is 47.5 Å². The molecule has 3 N–H and O–H groups in total. The number of fused-ring (bicyclic) bond motifs is 1. The average molecular weight is 459 g/mol. The van der Waals surface area contributed by atoms with E-state index in [9.17, 15) is 9.90 Å². The van der Waals surface area contributed by atoms with E-state index in [-0.39, 0.29) is 18.8 Å². The lowest BCUT2D eigenvalue weighted by atomic mass is 9.93. The number of aromatic nitrogens is 2.